The second-order valence-electron chi connectivity index (χ2n) is 15.3. The Balaban J connectivity index is 1.33. The van der Waals surface area contributed by atoms with E-state index in [9.17, 15) is 5.26 Å². The van der Waals surface area contributed by atoms with Crippen molar-refractivity contribution in [2.24, 2.45) is 0 Å². The maximum atomic E-state index is 11.7. The zero-order valence-corrected chi connectivity index (χ0v) is 31.7. The number of nitriles is 1. The maximum Gasteiger partial charge on any atom is 0.220 e. The van der Waals surface area contributed by atoms with Gasteiger partial charge >= 0.3 is 0 Å². The zero-order chi connectivity index (χ0) is 39.6. The van der Waals surface area contributed by atoms with Gasteiger partial charge in [-0.1, -0.05) is 121 Å². The number of hydrogen-bond donors (Lipinski definition) is 0. The van der Waals surface area contributed by atoms with Crippen molar-refractivity contribution in [1.29, 1.82) is 5.26 Å². The fourth-order valence-electron chi connectivity index (χ4n) is 10.2. The molecule has 274 valence electrons. The summed E-state index contributed by atoms with van der Waals surface area (Å²) in [6, 6.07) is 48.1. The highest BCUT2D eigenvalue weighted by Crippen LogP contribution is 2.54. The summed E-state index contributed by atoms with van der Waals surface area (Å²) in [5.74, 6) is 0. The van der Waals surface area contributed by atoms with Gasteiger partial charge in [0, 0.05) is 62.0 Å². The lowest BCUT2D eigenvalue weighted by atomic mass is 9.88. The van der Waals surface area contributed by atoms with E-state index in [1.807, 2.05) is 79.5 Å². The fraction of sp³-hybridized carbons (Fsp3) is 0. The Morgan fingerprint density at radius 1 is 0.467 bits per heavy atom. The molecule has 0 bridgehead atoms. The highest BCUT2D eigenvalue weighted by molar-refractivity contribution is 6.35. The van der Waals surface area contributed by atoms with Crippen LogP contribution in [0, 0.1) is 17.9 Å². The lowest BCUT2D eigenvalue weighted by Gasteiger charge is -2.25. The van der Waals surface area contributed by atoms with Gasteiger partial charge in [0.2, 0.25) is 5.69 Å². The molecule has 0 atom stereocenters. The van der Waals surface area contributed by atoms with Crippen molar-refractivity contribution < 1.29 is 0 Å². The number of pyridine rings is 3. The van der Waals surface area contributed by atoms with Crippen molar-refractivity contribution in [1.82, 2.24) is 24.1 Å². The van der Waals surface area contributed by atoms with Gasteiger partial charge in [0.1, 0.15) is 11.7 Å². The average Bonchev–Trinajstić information content (AvgIpc) is 3.84. The van der Waals surface area contributed by atoms with E-state index >= 15 is 0 Å². The molecule has 0 saturated carbocycles. The molecule has 13 aromatic rings. The minimum Gasteiger partial charge on any atom is -0.304 e. The first-order valence-corrected chi connectivity index (χ1v) is 19.8. The van der Waals surface area contributed by atoms with Crippen LogP contribution in [0.1, 0.15) is 5.56 Å². The molecule has 0 amide bonds. The second kappa shape index (κ2) is 11.9. The number of hydrogen-bond acceptors (Lipinski definition) is 4. The van der Waals surface area contributed by atoms with Crippen LogP contribution >= 0.6 is 0 Å². The Hall–Kier alpha value is -8.65. The normalized spacial score (nSPS) is 12.0. The summed E-state index contributed by atoms with van der Waals surface area (Å²) in [7, 11) is 0. The minimum absolute atomic E-state index is 0.364. The first kappa shape index (κ1) is 32.4. The Labute approximate surface area is 341 Å². The third-order valence-corrected chi connectivity index (χ3v) is 12.5. The van der Waals surface area contributed by atoms with Crippen molar-refractivity contribution >= 4 is 92.5 Å². The molecule has 0 spiro atoms. The van der Waals surface area contributed by atoms with Gasteiger partial charge < -0.3 is 9.13 Å². The highest BCUT2D eigenvalue weighted by Gasteiger charge is 2.33. The molecule has 0 unspecified atom stereocenters. The molecule has 0 aliphatic carbocycles. The summed E-state index contributed by atoms with van der Waals surface area (Å²) in [4.78, 5) is 19.4. The first-order chi connectivity index (χ1) is 29.8. The maximum absolute atomic E-state index is 11.7. The van der Waals surface area contributed by atoms with Gasteiger partial charge in [-0.2, -0.15) is 5.26 Å². The average molecular weight is 762 g/mol. The quantitative estimate of drug-likeness (QED) is 0.132. The van der Waals surface area contributed by atoms with Crippen molar-refractivity contribution in [2.45, 2.75) is 0 Å². The van der Waals surface area contributed by atoms with Gasteiger partial charge in [0.05, 0.1) is 52.5 Å². The molecule has 0 fully saturated rings. The standard InChI is InChI=1S/C53H27N7/c1-55-50-44(30-13-4-2-5-14-30)38(25-54)51(59-42-28-56-26-39-34-19-10-11-20-35(34)40-27-57-29-43(59)48(40)47(39)42)45(31-15-6-3-7-16-31)52(50)60-41-22-12-21-36-32-17-8-9-18-33(32)37-23-24-58-53(60)49(37)46(36)41/h2-24,26-29H. The topological polar surface area (TPSA) is 76.7 Å². The van der Waals surface area contributed by atoms with Crippen LogP contribution in [0.15, 0.2) is 164 Å². The van der Waals surface area contributed by atoms with Gasteiger partial charge in [-0.25, -0.2) is 9.83 Å². The summed E-state index contributed by atoms with van der Waals surface area (Å²) in [6.07, 6.45) is 9.56. The number of nitrogens with zero attached hydrogens (tertiary/aromatic N) is 7. The molecular formula is C53H27N7. The van der Waals surface area contributed by atoms with E-state index in [4.69, 9.17) is 21.5 Å². The molecular weight excluding hydrogens is 735 g/mol. The van der Waals surface area contributed by atoms with Crippen molar-refractivity contribution in [3.63, 3.8) is 0 Å². The highest BCUT2D eigenvalue weighted by atomic mass is 15.1. The Kier molecular flexibility index (Phi) is 6.45. The van der Waals surface area contributed by atoms with E-state index in [1.54, 1.807) is 0 Å². The fourth-order valence-corrected chi connectivity index (χ4v) is 10.2. The summed E-state index contributed by atoms with van der Waals surface area (Å²) in [5, 5.41) is 24.6. The van der Waals surface area contributed by atoms with Gasteiger partial charge in [-0.05, 0) is 55.6 Å². The second-order valence-corrected chi connectivity index (χ2v) is 15.3. The molecule has 7 nitrogen and oxygen atoms in total. The van der Waals surface area contributed by atoms with Crippen LogP contribution in [0.25, 0.3) is 125 Å². The van der Waals surface area contributed by atoms with Crippen molar-refractivity contribution in [3.05, 3.63) is 181 Å². The van der Waals surface area contributed by atoms with Crippen LogP contribution in [0.2, 0.25) is 0 Å². The van der Waals surface area contributed by atoms with E-state index in [2.05, 4.69) is 105 Å². The molecule has 7 heteroatoms. The molecule has 60 heavy (non-hydrogen) atoms. The Morgan fingerprint density at radius 3 is 1.57 bits per heavy atom. The molecule has 13 rings (SSSR count). The smallest absolute Gasteiger partial charge is 0.220 e. The lowest BCUT2D eigenvalue weighted by Crippen LogP contribution is -2.09. The van der Waals surface area contributed by atoms with Gasteiger partial charge in [-0.3, -0.25) is 9.97 Å². The van der Waals surface area contributed by atoms with Crippen LogP contribution in [-0.2, 0) is 0 Å². The SMILES string of the molecule is [C-]#[N+]c1c(-c2ccccc2)c(C#N)c(-n2c3cncc4c5ccccc5c5cncc2c5c43)c(-c2ccccc2)c1-n1c2cccc3c4ccccc4c4ccnc1c4c32. The van der Waals surface area contributed by atoms with Crippen molar-refractivity contribution in [3.8, 4) is 39.7 Å². The number of rotatable bonds is 4. The van der Waals surface area contributed by atoms with Gasteiger partial charge in [-0.15, -0.1) is 0 Å². The van der Waals surface area contributed by atoms with Crippen molar-refractivity contribution in [2.75, 3.05) is 0 Å². The Morgan fingerprint density at radius 2 is 0.983 bits per heavy atom. The monoisotopic (exact) mass is 761 g/mol. The lowest BCUT2D eigenvalue weighted by molar-refractivity contribution is 1.11. The molecule has 0 aliphatic rings. The molecule has 5 heterocycles. The molecule has 0 radical (unpaired) electrons. The molecule has 0 aliphatic heterocycles. The summed E-state index contributed by atoms with van der Waals surface area (Å²) in [6.45, 7) is 9.13. The third-order valence-electron chi connectivity index (χ3n) is 12.5. The molecule has 8 aromatic carbocycles. The predicted octanol–water partition coefficient (Wildman–Crippen LogP) is 13.3. The van der Waals surface area contributed by atoms with E-state index in [0.29, 0.717) is 28.2 Å². The number of benzene rings is 8. The zero-order valence-electron chi connectivity index (χ0n) is 31.7. The van der Waals surface area contributed by atoms with E-state index in [-0.39, 0.29) is 0 Å². The van der Waals surface area contributed by atoms with Crippen LogP contribution in [0.3, 0.4) is 0 Å². The third kappa shape index (κ3) is 4.02. The van der Waals surface area contributed by atoms with E-state index < -0.39 is 0 Å². The molecule has 5 aromatic heterocycles. The van der Waals surface area contributed by atoms with Gasteiger partial charge in [0.25, 0.3) is 0 Å². The van der Waals surface area contributed by atoms with Crippen LogP contribution < -0.4 is 0 Å². The van der Waals surface area contributed by atoms with Crippen LogP contribution in [0.4, 0.5) is 5.69 Å². The number of aromatic nitrogens is 5. The Bertz CT molecular complexity index is 3620. The predicted molar refractivity (Wildman–Crippen MR) is 243 cm³/mol. The largest absolute Gasteiger partial charge is 0.304 e. The van der Waals surface area contributed by atoms with E-state index in [0.717, 1.165) is 104 Å². The summed E-state index contributed by atoms with van der Waals surface area (Å²) < 4.78 is 4.37. The van der Waals surface area contributed by atoms with E-state index in [1.165, 1.54) is 0 Å². The number of fused-ring (bicyclic) bond motifs is 6. The minimum atomic E-state index is 0.364. The van der Waals surface area contributed by atoms with Crippen LogP contribution in [-0.4, -0.2) is 24.1 Å². The molecule has 0 saturated heterocycles. The first-order valence-electron chi connectivity index (χ1n) is 19.8. The summed E-state index contributed by atoms with van der Waals surface area (Å²) in [5.41, 5.74) is 8.31. The summed E-state index contributed by atoms with van der Waals surface area (Å²) >= 11 is 0. The van der Waals surface area contributed by atoms with Crippen LogP contribution in [0.5, 0.6) is 0 Å². The van der Waals surface area contributed by atoms with Gasteiger partial charge in [0.15, 0.2) is 0 Å². The molecule has 0 N–H and O–H groups in total.